The number of allylic oxidation sites excluding steroid dienone is 4. The van der Waals surface area contributed by atoms with E-state index in [4.69, 9.17) is 9.84 Å². The first-order valence-electron chi connectivity index (χ1n) is 7.66. The Bertz CT molecular complexity index is 738. The minimum atomic E-state index is -0.950. The molecular formula is C21H20O3. The van der Waals surface area contributed by atoms with E-state index in [1.807, 2.05) is 73.7 Å². The molecule has 2 aromatic rings. The normalized spacial score (nSPS) is 12.0. The molecule has 3 heteroatoms. The van der Waals surface area contributed by atoms with Crippen LogP contribution in [-0.2, 0) is 11.4 Å². The number of carboxylic acids is 1. The molecule has 0 aromatic heterocycles. The third kappa shape index (κ3) is 6.36. The van der Waals surface area contributed by atoms with Crippen LogP contribution >= 0.6 is 0 Å². The molecule has 122 valence electrons. The van der Waals surface area contributed by atoms with E-state index in [-0.39, 0.29) is 0 Å². The Kier molecular flexibility index (Phi) is 6.59. The summed E-state index contributed by atoms with van der Waals surface area (Å²) in [6, 6.07) is 17.9. The highest BCUT2D eigenvalue weighted by atomic mass is 16.5. The molecule has 24 heavy (non-hydrogen) atoms. The Balaban J connectivity index is 1.89. The molecule has 0 aliphatic carbocycles. The van der Waals surface area contributed by atoms with E-state index >= 15 is 0 Å². The molecule has 0 spiro atoms. The molecule has 0 saturated carbocycles. The van der Waals surface area contributed by atoms with Crippen LogP contribution in [0.15, 0.2) is 84.5 Å². The number of benzene rings is 2. The Morgan fingerprint density at radius 1 is 1.04 bits per heavy atom. The Labute approximate surface area is 142 Å². The fraction of sp³-hybridized carbons (Fsp3) is 0.0952. The Morgan fingerprint density at radius 2 is 1.75 bits per heavy atom. The topological polar surface area (TPSA) is 46.5 Å². The standard InChI is InChI=1S/C21H20O3/c1-17(6-5-9-21(22)23)10-11-18-12-14-20(15-13-18)24-16-19-7-3-2-4-8-19/h2-15H,16H2,1H3,(H,22,23). The lowest BCUT2D eigenvalue weighted by molar-refractivity contribution is -0.131. The monoisotopic (exact) mass is 320 g/mol. The maximum atomic E-state index is 10.4. The first-order valence-corrected chi connectivity index (χ1v) is 7.66. The zero-order chi connectivity index (χ0) is 17.2. The molecule has 0 aliphatic heterocycles. The molecule has 0 atom stereocenters. The van der Waals surface area contributed by atoms with Crippen LogP contribution in [0.25, 0.3) is 6.08 Å². The highest BCUT2D eigenvalue weighted by Crippen LogP contribution is 2.15. The average Bonchev–Trinajstić information content (AvgIpc) is 2.59. The summed E-state index contributed by atoms with van der Waals surface area (Å²) < 4.78 is 5.75. The van der Waals surface area contributed by atoms with Gasteiger partial charge in [0.15, 0.2) is 0 Å². The fourth-order valence-corrected chi connectivity index (χ4v) is 1.98. The van der Waals surface area contributed by atoms with Crippen molar-refractivity contribution in [2.75, 3.05) is 0 Å². The maximum Gasteiger partial charge on any atom is 0.328 e. The number of rotatable bonds is 7. The molecule has 1 N–H and O–H groups in total. The molecule has 0 radical (unpaired) electrons. The van der Waals surface area contributed by atoms with Crippen LogP contribution in [0.3, 0.4) is 0 Å². The summed E-state index contributed by atoms with van der Waals surface area (Å²) in [4.78, 5) is 10.4. The van der Waals surface area contributed by atoms with Gasteiger partial charge >= 0.3 is 5.97 Å². The quantitative estimate of drug-likeness (QED) is 0.585. The number of hydrogen-bond acceptors (Lipinski definition) is 2. The van der Waals surface area contributed by atoms with Gasteiger partial charge in [-0.3, -0.25) is 0 Å². The predicted molar refractivity (Wildman–Crippen MR) is 96.8 cm³/mol. The van der Waals surface area contributed by atoms with E-state index < -0.39 is 5.97 Å². The van der Waals surface area contributed by atoms with Crippen molar-refractivity contribution in [3.63, 3.8) is 0 Å². The summed E-state index contributed by atoms with van der Waals surface area (Å²) in [6.45, 7) is 2.47. The van der Waals surface area contributed by atoms with Crippen molar-refractivity contribution < 1.29 is 14.6 Å². The molecule has 3 nitrogen and oxygen atoms in total. The summed E-state index contributed by atoms with van der Waals surface area (Å²) in [5.41, 5.74) is 3.16. The number of hydrogen-bond donors (Lipinski definition) is 1. The largest absolute Gasteiger partial charge is 0.489 e. The molecule has 0 saturated heterocycles. The van der Waals surface area contributed by atoms with Gasteiger partial charge in [0.2, 0.25) is 0 Å². The lowest BCUT2D eigenvalue weighted by atomic mass is 10.1. The Hall–Kier alpha value is -3.07. The molecule has 0 unspecified atom stereocenters. The summed E-state index contributed by atoms with van der Waals surface area (Å²) >= 11 is 0. The second-order valence-corrected chi connectivity index (χ2v) is 5.28. The van der Waals surface area contributed by atoms with E-state index in [2.05, 4.69) is 0 Å². The molecule has 2 aromatic carbocycles. The zero-order valence-electron chi connectivity index (χ0n) is 13.6. The fourth-order valence-electron chi connectivity index (χ4n) is 1.98. The summed E-state index contributed by atoms with van der Waals surface area (Å²) in [5, 5.41) is 8.53. The van der Waals surface area contributed by atoms with Gasteiger partial charge in [0, 0.05) is 6.08 Å². The molecule has 0 aliphatic rings. The summed E-state index contributed by atoms with van der Waals surface area (Å²) in [7, 11) is 0. The van der Waals surface area contributed by atoms with Crippen LogP contribution in [0.5, 0.6) is 5.75 Å². The van der Waals surface area contributed by atoms with Crippen molar-refractivity contribution in [2.24, 2.45) is 0 Å². The second kappa shape index (κ2) is 9.16. The van der Waals surface area contributed by atoms with Gasteiger partial charge in [0.25, 0.3) is 0 Å². The first-order chi connectivity index (χ1) is 11.6. The molecule has 0 fully saturated rings. The summed E-state index contributed by atoms with van der Waals surface area (Å²) in [5.74, 6) is -0.123. The minimum Gasteiger partial charge on any atom is -0.489 e. The maximum absolute atomic E-state index is 10.4. The van der Waals surface area contributed by atoms with E-state index in [0.717, 1.165) is 28.5 Å². The Morgan fingerprint density at radius 3 is 2.42 bits per heavy atom. The number of carboxylic acid groups (broad SMARTS) is 1. The van der Waals surface area contributed by atoms with Gasteiger partial charge in [-0.05, 0) is 30.2 Å². The molecular weight excluding hydrogens is 300 g/mol. The van der Waals surface area contributed by atoms with E-state index in [1.54, 1.807) is 6.08 Å². The molecule has 2 rings (SSSR count). The van der Waals surface area contributed by atoms with Gasteiger partial charge < -0.3 is 9.84 Å². The summed E-state index contributed by atoms with van der Waals surface area (Å²) in [6.07, 6.45) is 8.29. The van der Waals surface area contributed by atoms with E-state index in [9.17, 15) is 4.79 Å². The van der Waals surface area contributed by atoms with Gasteiger partial charge in [-0.15, -0.1) is 0 Å². The second-order valence-electron chi connectivity index (χ2n) is 5.28. The van der Waals surface area contributed by atoms with Gasteiger partial charge in [-0.1, -0.05) is 72.3 Å². The minimum absolute atomic E-state index is 0.549. The van der Waals surface area contributed by atoms with Crippen LogP contribution in [0.2, 0.25) is 0 Å². The molecule has 0 bridgehead atoms. The van der Waals surface area contributed by atoms with Crippen LogP contribution < -0.4 is 4.74 Å². The van der Waals surface area contributed by atoms with Crippen molar-refractivity contribution >= 4 is 12.0 Å². The van der Waals surface area contributed by atoms with Crippen molar-refractivity contribution in [1.29, 1.82) is 0 Å². The van der Waals surface area contributed by atoms with Crippen molar-refractivity contribution in [1.82, 2.24) is 0 Å². The zero-order valence-corrected chi connectivity index (χ0v) is 13.6. The van der Waals surface area contributed by atoms with Crippen molar-refractivity contribution in [3.05, 3.63) is 95.6 Å². The smallest absolute Gasteiger partial charge is 0.328 e. The van der Waals surface area contributed by atoms with E-state index in [0.29, 0.717) is 6.61 Å². The molecule has 0 heterocycles. The van der Waals surface area contributed by atoms with Gasteiger partial charge in [0.1, 0.15) is 12.4 Å². The number of carbonyl (C=O) groups is 1. The lowest BCUT2D eigenvalue weighted by Crippen LogP contribution is -1.94. The van der Waals surface area contributed by atoms with Gasteiger partial charge in [-0.25, -0.2) is 4.79 Å². The van der Waals surface area contributed by atoms with Crippen LogP contribution in [0.1, 0.15) is 18.1 Å². The lowest BCUT2D eigenvalue weighted by Gasteiger charge is -2.06. The van der Waals surface area contributed by atoms with Crippen LogP contribution in [-0.4, -0.2) is 11.1 Å². The third-order valence-corrected chi connectivity index (χ3v) is 3.27. The average molecular weight is 320 g/mol. The first kappa shape index (κ1) is 17.3. The number of aliphatic carboxylic acids is 1. The van der Waals surface area contributed by atoms with Gasteiger partial charge in [-0.2, -0.15) is 0 Å². The third-order valence-electron chi connectivity index (χ3n) is 3.27. The predicted octanol–water partition coefficient (Wildman–Crippen LogP) is 4.87. The SMILES string of the molecule is CC(C=Cc1ccc(OCc2ccccc2)cc1)=CC=CC(=O)O. The van der Waals surface area contributed by atoms with Crippen LogP contribution in [0, 0.1) is 0 Å². The molecule has 0 amide bonds. The highest BCUT2D eigenvalue weighted by Gasteiger charge is 1.95. The number of ether oxygens (including phenoxy) is 1. The van der Waals surface area contributed by atoms with Crippen molar-refractivity contribution in [3.8, 4) is 5.75 Å². The van der Waals surface area contributed by atoms with E-state index in [1.165, 1.54) is 6.08 Å². The van der Waals surface area contributed by atoms with Gasteiger partial charge in [0.05, 0.1) is 0 Å². The van der Waals surface area contributed by atoms with Crippen molar-refractivity contribution in [2.45, 2.75) is 13.5 Å². The van der Waals surface area contributed by atoms with Crippen LogP contribution in [0.4, 0.5) is 0 Å². The highest BCUT2D eigenvalue weighted by molar-refractivity contribution is 5.80.